The standard InChI is InChI=1S/C11H12N2O3.C2H6/c12-7(11(15)16)4-6-5-13-8-2-1-3-9(14)10(6)8;1-2/h1-3,5,7,13-14H,4,12H2,(H,15,16);1-2H3. The molecule has 1 atom stereocenters. The van der Waals surface area contributed by atoms with Gasteiger partial charge in [0.05, 0.1) is 0 Å². The first-order valence-corrected chi connectivity index (χ1v) is 5.86. The lowest BCUT2D eigenvalue weighted by molar-refractivity contribution is -0.138. The third kappa shape index (κ3) is 2.81. The van der Waals surface area contributed by atoms with Crippen molar-refractivity contribution in [1.29, 1.82) is 0 Å². The number of H-pyrrole nitrogens is 1. The molecule has 2 rings (SSSR count). The summed E-state index contributed by atoms with van der Waals surface area (Å²) in [4.78, 5) is 13.6. The van der Waals surface area contributed by atoms with Crippen molar-refractivity contribution >= 4 is 16.9 Å². The van der Waals surface area contributed by atoms with E-state index in [0.29, 0.717) is 10.9 Å². The monoisotopic (exact) mass is 250 g/mol. The fourth-order valence-electron chi connectivity index (χ4n) is 1.72. The fraction of sp³-hybridized carbons (Fsp3) is 0.308. The second kappa shape index (κ2) is 6.07. The highest BCUT2D eigenvalue weighted by molar-refractivity contribution is 5.89. The number of hydrogen-bond acceptors (Lipinski definition) is 3. The van der Waals surface area contributed by atoms with Crippen LogP contribution in [0.2, 0.25) is 0 Å². The van der Waals surface area contributed by atoms with Crippen molar-refractivity contribution in [3.63, 3.8) is 0 Å². The predicted molar refractivity (Wildman–Crippen MR) is 70.6 cm³/mol. The lowest BCUT2D eigenvalue weighted by atomic mass is 10.1. The number of carbonyl (C=O) groups is 1. The van der Waals surface area contributed by atoms with Gasteiger partial charge in [-0.2, -0.15) is 0 Å². The van der Waals surface area contributed by atoms with E-state index in [2.05, 4.69) is 4.98 Å². The number of fused-ring (bicyclic) bond motifs is 1. The smallest absolute Gasteiger partial charge is 0.320 e. The molecule has 0 radical (unpaired) electrons. The zero-order valence-corrected chi connectivity index (χ0v) is 10.5. The first-order valence-electron chi connectivity index (χ1n) is 5.86. The van der Waals surface area contributed by atoms with Crippen molar-refractivity contribution < 1.29 is 15.0 Å². The summed E-state index contributed by atoms with van der Waals surface area (Å²) >= 11 is 0. The summed E-state index contributed by atoms with van der Waals surface area (Å²) < 4.78 is 0. The first kappa shape index (κ1) is 14.1. The molecule has 0 saturated carbocycles. The van der Waals surface area contributed by atoms with Crippen molar-refractivity contribution in [3.05, 3.63) is 30.0 Å². The summed E-state index contributed by atoms with van der Waals surface area (Å²) in [6, 6.07) is 4.13. The number of carboxylic acid groups (broad SMARTS) is 1. The van der Waals surface area contributed by atoms with Gasteiger partial charge in [0.1, 0.15) is 11.8 Å². The molecule has 1 aromatic heterocycles. The number of aromatic amines is 1. The number of aromatic hydroxyl groups is 1. The third-order valence-electron chi connectivity index (χ3n) is 2.52. The normalized spacial score (nSPS) is 11.7. The largest absolute Gasteiger partial charge is 0.507 e. The van der Waals surface area contributed by atoms with Gasteiger partial charge in [0.15, 0.2) is 0 Å². The number of hydrogen-bond donors (Lipinski definition) is 4. The molecule has 5 N–H and O–H groups in total. The van der Waals surface area contributed by atoms with Crippen molar-refractivity contribution in [1.82, 2.24) is 4.98 Å². The van der Waals surface area contributed by atoms with Gasteiger partial charge in [0, 0.05) is 23.5 Å². The van der Waals surface area contributed by atoms with Gasteiger partial charge in [-0.1, -0.05) is 19.9 Å². The predicted octanol–water partition coefficient (Wildman–Crippen LogP) is 1.85. The van der Waals surface area contributed by atoms with Crippen LogP contribution in [0.15, 0.2) is 24.4 Å². The Morgan fingerprint density at radius 1 is 1.44 bits per heavy atom. The molecular weight excluding hydrogens is 232 g/mol. The second-order valence-corrected chi connectivity index (χ2v) is 3.66. The molecule has 98 valence electrons. The number of carboxylic acids is 1. The molecule has 1 unspecified atom stereocenters. The zero-order chi connectivity index (χ0) is 13.7. The Morgan fingerprint density at radius 2 is 2.11 bits per heavy atom. The number of nitrogens with two attached hydrogens (primary N) is 1. The van der Waals surface area contributed by atoms with Gasteiger partial charge in [0.2, 0.25) is 0 Å². The number of benzene rings is 1. The number of nitrogens with one attached hydrogen (secondary N) is 1. The van der Waals surface area contributed by atoms with E-state index in [0.717, 1.165) is 5.52 Å². The molecule has 0 aliphatic heterocycles. The maximum atomic E-state index is 10.6. The molecule has 1 heterocycles. The molecule has 5 heteroatoms. The van der Waals surface area contributed by atoms with Gasteiger partial charge in [-0.3, -0.25) is 4.79 Å². The Hall–Kier alpha value is -2.01. The highest BCUT2D eigenvalue weighted by Crippen LogP contribution is 2.28. The van der Waals surface area contributed by atoms with E-state index in [9.17, 15) is 9.90 Å². The van der Waals surface area contributed by atoms with Crippen LogP contribution in [-0.4, -0.2) is 27.2 Å². The van der Waals surface area contributed by atoms with Crippen LogP contribution in [-0.2, 0) is 11.2 Å². The number of phenolic OH excluding ortho intramolecular Hbond substituents is 1. The Balaban J connectivity index is 0.000000771. The van der Waals surface area contributed by atoms with Gasteiger partial charge < -0.3 is 20.9 Å². The minimum absolute atomic E-state index is 0.131. The highest BCUT2D eigenvalue weighted by atomic mass is 16.4. The SMILES string of the molecule is CC.NC(Cc1c[nH]c2cccc(O)c12)C(=O)O. The minimum Gasteiger partial charge on any atom is -0.507 e. The van der Waals surface area contributed by atoms with E-state index >= 15 is 0 Å². The van der Waals surface area contributed by atoms with Crippen LogP contribution in [0.4, 0.5) is 0 Å². The number of aromatic nitrogens is 1. The van der Waals surface area contributed by atoms with E-state index in [4.69, 9.17) is 10.8 Å². The summed E-state index contributed by atoms with van der Waals surface area (Å²) in [6.45, 7) is 4.00. The molecule has 2 aromatic rings. The highest BCUT2D eigenvalue weighted by Gasteiger charge is 2.16. The average Bonchev–Trinajstić information content (AvgIpc) is 2.76. The fourth-order valence-corrected chi connectivity index (χ4v) is 1.72. The Kier molecular flexibility index (Phi) is 4.74. The van der Waals surface area contributed by atoms with Crippen molar-refractivity contribution in [2.45, 2.75) is 26.3 Å². The molecule has 5 nitrogen and oxygen atoms in total. The zero-order valence-electron chi connectivity index (χ0n) is 10.5. The van der Waals surface area contributed by atoms with E-state index in [1.165, 1.54) is 0 Å². The number of phenols is 1. The van der Waals surface area contributed by atoms with Gasteiger partial charge in [-0.05, 0) is 17.7 Å². The lowest BCUT2D eigenvalue weighted by Crippen LogP contribution is -2.32. The summed E-state index contributed by atoms with van der Waals surface area (Å²) in [6.07, 6.45) is 1.86. The maximum absolute atomic E-state index is 10.6. The van der Waals surface area contributed by atoms with Crippen molar-refractivity contribution in [2.75, 3.05) is 0 Å². The molecule has 0 fully saturated rings. The number of aliphatic carboxylic acids is 1. The Morgan fingerprint density at radius 3 is 2.72 bits per heavy atom. The first-order chi connectivity index (χ1) is 8.59. The average molecular weight is 250 g/mol. The topological polar surface area (TPSA) is 99.3 Å². The Labute approximate surface area is 105 Å². The van der Waals surface area contributed by atoms with Crippen LogP contribution < -0.4 is 5.73 Å². The van der Waals surface area contributed by atoms with Gasteiger partial charge in [-0.25, -0.2) is 0 Å². The second-order valence-electron chi connectivity index (χ2n) is 3.66. The van der Waals surface area contributed by atoms with Crippen LogP contribution in [0.1, 0.15) is 19.4 Å². The Bertz CT molecular complexity index is 534. The summed E-state index contributed by atoms with van der Waals surface area (Å²) in [7, 11) is 0. The summed E-state index contributed by atoms with van der Waals surface area (Å²) in [5.41, 5.74) is 6.94. The molecule has 18 heavy (non-hydrogen) atoms. The van der Waals surface area contributed by atoms with Crippen LogP contribution in [0.3, 0.4) is 0 Å². The molecule has 0 aliphatic carbocycles. The summed E-state index contributed by atoms with van der Waals surface area (Å²) in [5, 5.41) is 19.0. The van der Waals surface area contributed by atoms with E-state index < -0.39 is 12.0 Å². The summed E-state index contributed by atoms with van der Waals surface area (Å²) in [5.74, 6) is -0.920. The van der Waals surface area contributed by atoms with E-state index in [1.54, 1.807) is 18.3 Å². The van der Waals surface area contributed by atoms with Gasteiger partial charge >= 0.3 is 5.97 Å². The van der Waals surface area contributed by atoms with E-state index in [1.807, 2.05) is 19.9 Å². The molecular formula is C13H18N2O3. The van der Waals surface area contributed by atoms with Crippen molar-refractivity contribution in [2.24, 2.45) is 5.73 Å². The third-order valence-corrected chi connectivity index (χ3v) is 2.52. The minimum atomic E-state index is -1.05. The van der Waals surface area contributed by atoms with Gasteiger partial charge in [0.25, 0.3) is 0 Å². The van der Waals surface area contributed by atoms with Crippen LogP contribution in [0.5, 0.6) is 5.75 Å². The maximum Gasteiger partial charge on any atom is 0.320 e. The molecule has 0 saturated heterocycles. The van der Waals surface area contributed by atoms with Crippen LogP contribution >= 0.6 is 0 Å². The molecule has 0 bridgehead atoms. The van der Waals surface area contributed by atoms with Crippen molar-refractivity contribution in [3.8, 4) is 5.75 Å². The van der Waals surface area contributed by atoms with Crippen LogP contribution in [0, 0.1) is 0 Å². The quantitative estimate of drug-likeness (QED) is 0.668. The van der Waals surface area contributed by atoms with Crippen LogP contribution in [0.25, 0.3) is 10.9 Å². The van der Waals surface area contributed by atoms with Gasteiger partial charge in [-0.15, -0.1) is 0 Å². The number of rotatable bonds is 3. The lowest BCUT2D eigenvalue weighted by Gasteiger charge is -2.05. The molecule has 0 amide bonds. The molecule has 0 aliphatic rings. The van der Waals surface area contributed by atoms with E-state index in [-0.39, 0.29) is 12.2 Å². The molecule has 1 aromatic carbocycles. The molecule has 0 spiro atoms.